The van der Waals surface area contributed by atoms with Gasteiger partial charge in [0.15, 0.2) is 6.61 Å². The minimum atomic E-state index is -4.46. The molecule has 0 bridgehead atoms. The van der Waals surface area contributed by atoms with E-state index in [1.54, 1.807) is 0 Å². The summed E-state index contributed by atoms with van der Waals surface area (Å²) in [5, 5.41) is 2.76. The highest BCUT2D eigenvalue weighted by molar-refractivity contribution is 5.78. The van der Waals surface area contributed by atoms with Crippen LogP contribution >= 0.6 is 0 Å². The van der Waals surface area contributed by atoms with Gasteiger partial charge in [0.1, 0.15) is 5.75 Å². The van der Waals surface area contributed by atoms with Gasteiger partial charge >= 0.3 is 6.18 Å². The maximum atomic E-state index is 12.5. The molecule has 0 spiro atoms. The number of carbonyl (C=O) groups is 1. The fourth-order valence-corrected chi connectivity index (χ4v) is 1.76. The molecular weight excluding hydrogens is 285 g/mol. The van der Waals surface area contributed by atoms with Crippen LogP contribution in [0.15, 0.2) is 18.2 Å². The third-order valence-corrected chi connectivity index (χ3v) is 3.05. The van der Waals surface area contributed by atoms with Crippen molar-refractivity contribution in [2.75, 3.05) is 12.3 Å². The van der Waals surface area contributed by atoms with E-state index in [9.17, 15) is 18.0 Å². The highest BCUT2D eigenvalue weighted by atomic mass is 19.4. The van der Waals surface area contributed by atoms with Gasteiger partial charge in [-0.1, -0.05) is 13.8 Å². The molecule has 3 N–H and O–H groups in total. The molecule has 0 atom stereocenters. The number of nitrogen functional groups attached to an aromatic ring is 1. The topological polar surface area (TPSA) is 64.3 Å². The van der Waals surface area contributed by atoms with Crippen LogP contribution in [0.3, 0.4) is 0 Å². The zero-order valence-electron chi connectivity index (χ0n) is 12.0. The minimum absolute atomic E-state index is 0.0581. The third-order valence-electron chi connectivity index (χ3n) is 3.05. The van der Waals surface area contributed by atoms with Crippen LogP contribution in [-0.2, 0) is 11.0 Å². The highest BCUT2D eigenvalue weighted by Gasteiger charge is 2.31. The fraction of sp³-hybridized carbons (Fsp3) is 0.500. The predicted octanol–water partition coefficient (Wildman–Crippen LogP) is 2.97. The molecule has 0 aliphatic rings. The number of anilines is 1. The number of hydrogen-bond acceptors (Lipinski definition) is 3. The van der Waals surface area contributed by atoms with E-state index in [1.807, 2.05) is 13.8 Å². The molecule has 0 radical (unpaired) electrons. The van der Waals surface area contributed by atoms with Crippen molar-refractivity contribution in [1.82, 2.24) is 5.32 Å². The summed E-state index contributed by atoms with van der Waals surface area (Å²) in [7, 11) is 0. The number of rotatable bonds is 6. The second-order valence-corrected chi connectivity index (χ2v) is 4.62. The molecule has 118 valence electrons. The number of ether oxygens (including phenoxy) is 1. The average molecular weight is 304 g/mol. The van der Waals surface area contributed by atoms with E-state index in [4.69, 9.17) is 10.5 Å². The van der Waals surface area contributed by atoms with Crippen LogP contribution in [0.25, 0.3) is 0 Å². The van der Waals surface area contributed by atoms with Gasteiger partial charge in [0, 0.05) is 6.04 Å². The zero-order valence-corrected chi connectivity index (χ0v) is 12.0. The van der Waals surface area contributed by atoms with E-state index < -0.39 is 11.7 Å². The quantitative estimate of drug-likeness (QED) is 0.794. The van der Waals surface area contributed by atoms with Crippen molar-refractivity contribution in [2.24, 2.45) is 0 Å². The lowest BCUT2D eigenvalue weighted by atomic mass is 10.2. The Morgan fingerprint density at radius 1 is 1.33 bits per heavy atom. The Balaban J connectivity index is 2.62. The number of amides is 1. The summed E-state index contributed by atoms with van der Waals surface area (Å²) in [6.07, 6.45) is -2.87. The van der Waals surface area contributed by atoms with Gasteiger partial charge in [0.25, 0.3) is 5.91 Å². The van der Waals surface area contributed by atoms with Gasteiger partial charge in [-0.05, 0) is 31.0 Å². The molecule has 1 rings (SSSR count). The number of benzene rings is 1. The number of halogens is 3. The first-order chi connectivity index (χ1) is 9.77. The van der Waals surface area contributed by atoms with E-state index in [2.05, 4.69) is 5.32 Å². The first-order valence-corrected chi connectivity index (χ1v) is 6.66. The van der Waals surface area contributed by atoms with Crippen LogP contribution in [0.4, 0.5) is 18.9 Å². The molecule has 4 nitrogen and oxygen atoms in total. The van der Waals surface area contributed by atoms with Crippen molar-refractivity contribution in [1.29, 1.82) is 0 Å². The van der Waals surface area contributed by atoms with E-state index in [-0.39, 0.29) is 30.0 Å². The smallest absolute Gasteiger partial charge is 0.416 e. The van der Waals surface area contributed by atoms with Crippen molar-refractivity contribution >= 4 is 11.6 Å². The molecule has 0 aromatic heterocycles. The van der Waals surface area contributed by atoms with Crippen molar-refractivity contribution in [3.8, 4) is 5.75 Å². The molecule has 1 amide bonds. The Labute approximate surface area is 121 Å². The molecule has 0 fully saturated rings. The average Bonchev–Trinajstić information content (AvgIpc) is 2.42. The molecule has 0 unspecified atom stereocenters. The first kappa shape index (κ1) is 17.1. The van der Waals surface area contributed by atoms with Crippen molar-refractivity contribution < 1.29 is 22.7 Å². The lowest BCUT2D eigenvalue weighted by Gasteiger charge is -2.16. The summed E-state index contributed by atoms with van der Waals surface area (Å²) >= 11 is 0. The maximum Gasteiger partial charge on any atom is 0.416 e. The van der Waals surface area contributed by atoms with Crippen LogP contribution in [-0.4, -0.2) is 18.6 Å². The number of alkyl halides is 3. The predicted molar refractivity (Wildman–Crippen MR) is 73.9 cm³/mol. The van der Waals surface area contributed by atoms with Gasteiger partial charge in [-0.2, -0.15) is 13.2 Å². The second-order valence-electron chi connectivity index (χ2n) is 4.62. The van der Waals surface area contributed by atoms with Crippen LogP contribution in [0, 0.1) is 0 Å². The SMILES string of the molecule is CCC(CC)NC(=O)COc1ccc(C(F)(F)F)cc1N. The van der Waals surface area contributed by atoms with E-state index in [1.165, 1.54) is 0 Å². The lowest BCUT2D eigenvalue weighted by molar-refractivity contribution is -0.137. The Bertz CT molecular complexity index is 486. The standard InChI is InChI=1S/C14H19F3N2O2/c1-3-10(4-2)19-13(20)8-21-12-6-5-9(7-11(12)18)14(15,16)17/h5-7,10H,3-4,8,18H2,1-2H3,(H,19,20). The lowest BCUT2D eigenvalue weighted by Crippen LogP contribution is -2.37. The maximum absolute atomic E-state index is 12.5. The van der Waals surface area contributed by atoms with Gasteiger partial charge in [-0.25, -0.2) is 0 Å². The Morgan fingerprint density at radius 3 is 2.43 bits per heavy atom. The van der Waals surface area contributed by atoms with Crippen molar-refractivity contribution in [2.45, 2.75) is 38.9 Å². The molecule has 0 aliphatic carbocycles. The summed E-state index contributed by atoms with van der Waals surface area (Å²) in [4.78, 5) is 11.6. The van der Waals surface area contributed by atoms with Crippen LogP contribution in [0.2, 0.25) is 0 Å². The molecular formula is C14H19F3N2O2. The highest BCUT2D eigenvalue weighted by Crippen LogP contribution is 2.33. The summed E-state index contributed by atoms with van der Waals surface area (Å²) in [5.41, 5.74) is 4.50. The zero-order chi connectivity index (χ0) is 16.0. The molecule has 7 heteroatoms. The van der Waals surface area contributed by atoms with Crippen LogP contribution < -0.4 is 15.8 Å². The first-order valence-electron chi connectivity index (χ1n) is 6.66. The number of carbonyl (C=O) groups excluding carboxylic acids is 1. The fourth-order valence-electron chi connectivity index (χ4n) is 1.76. The van der Waals surface area contributed by atoms with E-state index >= 15 is 0 Å². The third kappa shape index (κ3) is 5.17. The molecule has 0 saturated carbocycles. The van der Waals surface area contributed by atoms with Gasteiger partial charge in [-0.3, -0.25) is 4.79 Å². The molecule has 1 aromatic carbocycles. The minimum Gasteiger partial charge on any atom is -0.482 e. The Morgan fingerprint density at radius 2 is 1.95 bits per heavy atom. The largest absolute Gasteiger partial charge is 0.482 e. The molecule has 0 saturated heterocycles. The number of nitrogens with two attached hydrogens (primary N) is 1. The normalized spacial score (nSPS) is 11.5. The molecule has 1 aromatic rings. The molecule has 0 heterocycles. The van der Waals surface area contributed by atoms with Gasteiger partial charge in [0.2, 0.25) is 0 Å². The van der Waals surface area contributed by atoms with E-state index in [0.29, 0.717) is 0 Å². The molecule has 21 heavy (non-hydrogen) atoms. The Hall–Kier alpha value is -1.92. The number of nitrogens with one attached hydrogen (secondary N) is 1. The van der Waals surface area contributed by atoms with Crippen LogP contribution in [0.5, 0.6) is 5.75 Å². The van der Waals surface area contributed by atoms with Gasteiger partial charge in [0.05, 0.1) is 11.3 Å². The summed E-state index contributed by atoms with van der Waals surface area (Å²) in [6.45, 7) is 3.61. The van der Waals surface area contributed by atoms with Gasteiger partial charge in [-0.15, -0.1) is 0 Å². The van der Waals surface area contributed by atoms with Crippen molar-refractivity contribution in [3.63, 3.8) is 0 Å². The summed E-state index contributed by atoms with van der Waals surface area (Å²) < 4.78 is 42.6. The van der Waals surface area contributed by atoms with Crippen molar-refractivity contribution in [3.05, 3.63) is 23.8 Å². The van der Waals surface area contributed by atoms with Crippen LogP contribution in [0.1, 0.15) is 32.3 Å². The monoisotopic (exact) mass is 304 g/mol. The van der Waals surface area contributed by atoms with Gasteiger partial charge < -0.3 is 15.8 Å². The molecule has 0 aliphatic heterocycles. The summed E-state index contributed by atoms with van der Waals surface area (Å²) in [5.74, 6) is -0.273. The number of hydrogen-bond donors (Lipinski definition) is 2. The Kier molecular flexibility index (Phi) is 5.87. The van der Waals surface area contributed by atoms with E-state index in [0.717, 1.165) is 31.0 Å². The second kappa shape index (κ2) is 7.19. The summed E-state index contributed by atoms with van der Waals surface area (Å²) in [6, 6.07) is 2.83.